The number of hydrogen-bond acceptors (Lipinski definition) is 8. The summed E-state index contributed by atoms with van der Waals surface area (Å²) in [5, 5.41) is 37.2. The zero-order valence-electron chi connectivity index (χ0n) is 15.3. The van der Waals surface area contributed by atoms with Crippen LogP contribution in [0.25, 0.3) is 6.08 Å². The zero-order chi connectivity index (χ0) is 21.7. The summed E-state index contributed by atoms with van der Waals surface area (Å²) in [5.74, 6) is -5.34. The van der Waals surface area contributed by atoms with Crippen molar-refractivity contribution in [2.45, 2.75) is 19.3 Å². The summed E-state index contributed by atoms with van der Waals surface area (Å²) >= 11 is 6.29. The Balaban J connectivity index is 2.03. The number of rotatable bonds is 9. The minimum Gasteiger partial charge on any atom is -0.504 e. The molecule has 1 amide bonds. The maximum atomic E-state index is 12.6. The lowest BCUT2D eigenvalue weighted by Crippen LogP contribution is -2.29. The standard InChI is InChI=1S/C18H19NO8S2/c1-27-12-7-9(6-11(20)14(12)21)8-13-15(22)19(18(28)29-13)5-3-2-4-10(16(23)24)17(25)26/h6-8,10,20-21H,2-5H2,1H3,(H,23,24)(H,25,26). The Kier molecular flexibility index (Phi) is 7.46. The van der Waals surface area contributed by atoms with Crippen molar-refractivity contribution in [3.63, 3.8) is 0 Å². The van der Waals surface area contributed by atoms with E-state index in [1.165, 1.54) is 30.2 Å². The van der Waals surface area contributed by atoms with E-state index < -0.39 is 29.4 Å². The number of unbranched alkanes of at least 4 members (excludes halogenated alkanes) is 1. The van der Waals surface area contributed by atoms with Crippen LogP contribution in [0, 0.1) is 5.92 Å². The second-order valence-corrected chi connectivity index (χ2v) is 7.82. The van der Waals surface area contributed by atoms with Crippen molar-refractivity contribution in [1.82, 2.24) is 4.90 Å². The van der Waals surface area contributed by atoms with Crippen molar-refractivity contribution in [2.24, 2.45) is 5.92 Å². The number of phenolic OH excluding ortho intramolecular Hbond substituents is 2. The van der Waals surface area contributed by atoms with Crippen LogP contribution >= 0.6 is 24.0 Å². The molecule has 0 atom stereocenters. The van der Waals surface area contributed by atoms with Gasteiger partial charge in [0.1, 0.15) is 4.32 Å². The maximum absolute atomic E-state index is 12.6. The van der Waals surface area contributed by atoms with Gasteiger partial charge in [0.2, 0.25) is 5.75 Å². The second-order valence-electron chi connectivity index (χ2n) is 6.15. The van der Waals surface area contributed by atoms with Gasteiger partial charge in [-0.2, -0.15) is 0 Å². The highest BCUT2D eigenvalue weighted by molar-refractivity contribution is 8.26. The van der Waals surface area contributed by atoms with Crippen molar-refractivity contribution < 1.29 is 39.5 Å². The minimum atomic E-state index is -1.47. The predicted octanol–water partition coefficient (Wildman–Crippen LogP) is 2.26. The van der Waals surface area contributed by atoms with Crippen molar-refractivity contribution in [3.05, 3.63) is 22.6 Å². The molecule has 29 heavy (non-hydrogen) atoms. The molecule has 11 heteroatoms. The fourth-order valence-corrected chi connectivity index (χ4v) is 3.98. The van der Waals surface area contributed by atoms with Crippen molar-refractivity contribution >= 4 is 52.2 Å². The third-order valence-electron chi connectivity index (χ3n) is 4.19. The van der Waals surface area contributed by atoms with Gasteiger partial charge in [0.25, 0.3) is 5.91 Å². The second kappa shape index (κ2) is 9.61. The Morgan fingerprint density at radius 2 is 1.90 bits per heavy atom. The van der Waals surface area contributed by atoms with Gasteiger partial charge in [-0.3, -0.25) is 19.3 Å². The highest BCUT2D eigenvalue weighted by atomic mass is 32.2. The van der Waals surface area contributed by atoms with Gasteiger partial charge in [-0.05, 0) is 36.6 Å². The number of amides is 1. The molecule has 1 aliphatic heterocycles. The van der Waals surface area contributed by atoms with Crippen LogP contribution in [0.3, 0.4) is 0 Å². The number of phenols is 2. The van der Waals surface area contributed by atoms with Gasteiger partial charge in [0, 0.05) is 6.54 Å². The first-order valence-electron chi connectivity index (χ1n) is 8.46. The lowest BCUT2D eigenvalue weighted by molar-refractivity contribution is -0.154. The molecule has 0 bridgehead atoms. The lowest BCUT2D eigenvalue weighted by Gasteiger charge is -2.14. The van der Waals surface area contributed by atoms with Crippen LogP contribution in [-0.4, -0.2) is 61.1 Å². The Morgan fingerprint density at radius 3 is 2.48 bits per heavy atom. The van der Waals surface area contributed by atoms with E-state index in [9.17, 15) is 24.6 Å². The Hall–Kier alpha value is -2.79. The maximum Gasteiger partial charge on any atom is 0.317 e. The number of methoxy groups -OCH3 is 1. The summed E-state index contributed by atoms with van der Waals surface area (Å²) in [7, 11) is 1.33. The molecule has 0 radical (unpaired) electrons. The summed E-state index contributed by atoms with van der Waals surface area (Å²) in [6.45, 7) is 0.234. The SMILES string of the molecule is COc1cc(C=C2SC(=S)N(CCCCC(C(=O)O)C(=O)O)C2=O)cc(O)c1O. The van der Waals surface area contributed by atoms with Gasteiger partial charge >= 0.3 is 11.9 Å². The normalized spacial score (nSPS) is 15.4. The number of hydrogen-bond donors (Lipinski definition) is 4. The Morgan fingerprint density at radius 1 is 1.24 bits per heavy atom. The molecule has 1 aromatic rings. The summed E-state index contributed by atoms with van der Waals surface area (Å²) in [5.41, 5.74) is 0.434. The van der Waals surface area contributed by atoms with Crippen LogP contribution in [0.5, 0.6) is 17.2 Å². The van der Waals surface area contributed by atoms with Crippen LogP contribution in [0.1, 0.15) is 24.8 Å². The van der Waals surface area contributed by atoms with Gasteiger partial charge in [0.05, 0.1) is 12.0 Å². The smallest absolute Gasteiger partial charge is 0.317 e. The van der Waals surface area contributed by atoms with Gasteiger partial charge in [-0.1, -0.05) is 30.4 Å². The van der Waals surface area contributed by atoms with E-state index in [4.69, 9.17) is 27.2 Å². The van der Waals surface area contributed by atoms with Crippen molar-refractivity contribution in [1.29, 1.82) is 0 Å². The first-order valence-corrected chi connectivity index (χ1v) is 9.69. The largest absolute Gasteiger partial charge is 0.504 e. The summed E-state index contributed by atoms with van der Waals surface area (Å²) in [4.78, 5) is 36.0. The number of thiocarbonyl (C=S) groups is 1. The molecule has 0 spiro atoms. The quantitative estimate of drug-likeness (QED) is 0.148. The first-order chi connectivity index (χ1) is 13.6. The van der Waals surface area contributed by atoms with Crippen LogP contribution in [0.2, 0.25) is 0 Å². The molecule has 1 aliphatic rings. The lowest BCUT2D eigenvalue weighted by atomic mass is 10.0. The molecule has 0 aromatic heterocycles. The van der Waals surface area contributed by atoms with E-state index in [0.29, 0.717) is 27.6 Å². The van der Waals surface area contributed by atoms with E-state index in [1.54, 1.807) is 0 Å². The number of carboxylic acid groups (broad SMARTS) is 2. The molecule has 9 nitrogen and oxygen atoms in total. The van der Waals surface area contributed by atoms with Gasteiger partial charge in [-0.25, -0.2) is 0 Å². The Bertz CT molecular complexity index is 869. The molecule has 0 unspecified atom stereocenters. The number of aliphatic carboxylic acids is 2. The summed E-state index contributed by atoms with van der Waals surface area (Å²) in [6, 6.07) is 2.74. The molecule has 1 aromatic carbocycles. The molecular formula is C18H19NO8S2. The molecule has 2 rings (SSSR count). The third-order valence-corrected chi connectivity index (χ3v) is 5.57. The number of thioether (sulfide) groups is 1. The van der Waals surface area contributed by atoms with Gasteiger partial charge in [-0.15, -0.1) is 0 Å². The Labute approximate surface area is 175 Å². The van der Waals surface area contributed by atoms with Crippen molar-refractivity contribution in [3.8, 4) is 17.2 Å². The highest BCUT2D eigenvalue weighted by Gasteiger charge is 2.32. The van der Waals surface area contributed by atoms with Crippen LogP contribution in [-0.2, 0) is 14.4 Å². The summed E-state index contributed by atoms with van der Waals surface area (Å²) < 4.78 is 5.29. The van der Waals surface area contributed by atoms with Crippen LogP contribution < -0.4 is 4.74 Å². The number of carbonyl (C=O) groups excluding carboxylic acids is 1. The molecule has 0 aliphatic carbocycles. The molecule has 1 fully saturated rings. The van der Waals surface area contributed by atoms with E-state index in [-0.39, 0.29) is 24.6 Å². The topological polar surface area (TPSA) is 145 Å². The summed E-state index contributed by atoms with van der Waals surface area (Å²) in [6.07, 6.45) is 2.17. The predicted molar refractivity (Wildman–Crippen MR) is 109 cm³/mol. The van der Waals surface area contributed by atoms with E-state index >= 15 is 0 Å². The number of carbonyl (C=O) groups is 3. The molecular weight excluding hydrogens is 422 g/mol. The number of benzene rings is 1. The van der Waals surface area contributed by atoms with Gasteiger partial charge < -0.3 is 25.2 Å². The minimum absolute atomic E-state index is 0.0398. The number of ether oxygens (including phenoxy) is 1. The van der Waals surface area contributed by atoms with Crippen molar-refractivity contribution in [2.75, 3.05) is 13.7 Å². The molecule has 1 saturated heterocycles. The zero-order valence-corrected chi connectivity index (χ0v) is 17.0. The van der Waals surface area contributed by atoms with Crippen LogP contribution in [0.4, 0.5) is 0 Å². The molecule has 156 valence electrons. The first kappa shape index (κ1) is 22.5. The molecule has 0 saturated carbocycles. The average Bonchev–Trinajstić information content (AvgIpc) is 2.90. The van der Waals surface area contributed by atoms with Crippen LogP contribution in [0.15, 0.2) is 17.0 Å². The molecule has 1 heterocycles. The number of nitrogens with zero attached hydrogens (tertiary/aromatic N) is 1. The number of carboxylic acids is 2. The number of aromatic hydroxyl groups is 2. The fraction of sp³-hybridized carbons (Fsp3) is 0.333. The van der Waals surface area contributed by atoms with E-state index in [1.807, 2.05) is 0 Å². The average molecular weight is 441 g/mol. The molecule has 4 N–H and O–H groups in total. The van der Waals surface area contributed by atoms with Gasteiger partial charge in [0.15, 0.2) is 17.4 Å². The third kappa shape index (κ3) is 5.39. The monoisotopic (exact) mass is 441 g/mol. The fourth-order valence-electron chi connectivity index (χ4n) is 2.67. The van der Waals surface area contributed by atoms with E-state index in [0.717, 1.165) is 11.8 Å². The van der Waals surface area contributed by atoms with E-state index in [2.05, 4.69) is 0 Å². The highest BCUT2D eigenvalue weighted by Crippen LogP contribution is 2.39.